The van der Waals surface area contributed by atoms with Crippen LogP contribution < -0.4 is 29.9 Å². The highest BCUT2D eigenvalue weighted by Gasteiger charge is 2.23. The second-order valence-corrected chi connectivity index (χ2v) is 8.47. The van der Waals surface area contributed by atoms with E-state index in [1.807, 2.05) is 19.1 Å². The topological polar surface area (TPSA) is 106 Å². The molecule has 3 aromatic rings. The summed E-state index contributed by atoms with van der Waals surface area (Å²) in [5.41, 5.74) is 8.02. The maximum absolute atomic E-state index is 6.28. The summed E-state index contributed by atoms with van der Waals surface area (Å²) in [6.45, 7) is 7.31. The van der Waals surface area contributed by atoms with Crippen LogP contribution in [0, 0.1) is 6.92 Å². The van der Waals surface area contributed by atoms with Crippen LogP contribution in [0.3, 0.4) is 0 Å². The lowest BCUT2D eigenvalue weighted by molar-refractivity contribution is 0.356. The largest absolute Gasteiger partial charge is 0.493 e. The Kier molecular flexibility index (Phi) is 5.65. The van der Waals surface area contributed by atoms with Crippen LogP contribution in [0.1, 0.15) is 18.5 Å². The van der Waals surface area contributed by atoms with E-state index in [1.54, 1.807) is 14.2 Å². The van der Waals surface area contributed by atoms with E-state index in [1.165, 1.54) is 12.8 Å². The van der Waals surface area contributed by atoms with Crippen LogP contribution in [0.25, 0.3) is 10.9 Å². The zero-order chi connectivity index (χ0) is 22.9. The van der Waals surface area contributed by atoms with Gasteiger partial charge in [0.25, 0.3) is 0 Å². The number of aryl methyl sites for hydroxylation is 1. The molecule has 5 rings (SSSR count). The Morgan fingerprint density at radius 2 is 1.33 bits per heavy atom. The Labute approximate surface area is 193 Å². The van der Waals surface area contributed by atoms with Gasteiger partial charge in [-0.2, -0.15) is 9.97 Å². The molecule has 0 radical (unpaired) electrons. The molecule has 2 aromatic heterocycles. The van der Waals surface area contributed by atoms with Crippen molar-refractivity contribution in [2.75, 3.05) is 73.9 Å². The van der Waals surface area contributed by atoms with Gasteiger partial charge >= 0.3 is 0 Å². The van der Waals surface area contributed by atoms with E-state index in [-0.39, 0.29) is 0 Å². The summed E-state index contributed by atoms with van der Waals surface area (Å²) in [5.74, 6) is 4.12. The van der Waals surface area contributed by atoms with Crippen molar-refractivity contribution >= 4 is 34.4 Å². The Hall–Kier alpha value is -3.56. The van der Waals surface area contributed by atoms with Crippen molar-refractivity contribution in [1.82, 2.24) is 19.9 Å². The minimum absolute atomic E-state index is 0.431. The standard InChI is InChI=1S/C23H30N8O2/c1-15-12-20(27-22(25-15)30-6-4-5-7-30)29-8-10-31(11-9-29)23-26-17-14-19(33-3)18(32-2)13-16(17)21(24)28-23/h12-14H,4-11H2,1-3H3,(H2,24,26,28). The fourth-order valence-corrected chi connectivity index (χ4v) is 4.50. The summed E-state index contributed by atoms with van der Waals surface area (Å²) in [6.07, 6.45) is 2.41. The highest BCUT2D eigenvalue weighted by atomic mass is 16.5. The van der Waals surface area contributed by atoms with Crippen molar-refractivity contribution in [2.45, 2.75) is 19.8 Å². The van der Waals surface area contributed by atoms with E-state index < -0.39 is 0 Å². The monoisotopic (exact) mass is 450 g/mol. The molecule has 10 heteroatoms. The number of rotatable bonds is 5. The number of ether oxygens (including phenoxy) is 2. The lowest BCUT2D eigenvalue weighted by atomic mass is 10.2. The molecule has 10 nitrogen and oxygen atoms in total. The number of methoxy groups -OCH3 is 2. The van der Waals surface area contributed by atoms with Crippen molar-refractivity contribution in [3.63, 3.8) is 0 Å². The number of benzene rings is 1. The first-order valence-corrected chi connectivity index (χ1v) is 11.4. The molecule has 0 bridgehead atoms. The van der Waals surface area contributed by atoms with Gasteiger partial charge in [0.15, 0.2) is 11.5 Å². The number of hydrogen-bond acceptors (Lipinski definition) is 10. The lowest BCUT2D eigenvalue weighted by Crippen LogP contribution is -2.47. The van der Waals surface area contributed by atoms with Gasteiger partial charge in [-0.25, -0.2) is 9.97 Å². The maximum Gasteiger partial charge on any atom is 0.228 e. The molecule has 174 valence electrons. The Bertz CT molecular complexity index is 1160. The van der Waals surface area contributed by atoms with Gasteiger partial charge in [-0.05, 0) is 25.8 Å². The molecule has 2 aliphatic heterocycles. The second-order valence-electron chi connectivity index (χ2n) is 8.47. The SMILES string of the molecule is COc1cc2nc(N3CCN(c4cc(C)nc(N5CCCC5)n4)CC3)nc(N)c2cc1OC. The van der Waals surface area contributed by atoms with Crippen molar-refractivity contribution in [1.29, 1.82) is 0 Å². The lowest BCUT2D eigenvalue weighted by Gasteiger charge is -2.35. The summed E-state index contributed by atoms with van der Waals surface area (Å²) < 4.78 is 10.8. The number of nitrogen functional groups attached to an aromatic ring is 1. The van der Waals surface area contributed by atoms with E-state index in [4.69, 9.17) is 25.2 Å². The number of piperazine rings is 1. The minimum Gasteiger partial charge on any atom is -0.493 e. The molecule has 0 spiro atoms. The van der Waals surface area contributed by atoms with E-state index in [2.05, 4.69) is 30.7 Å². The van der Waals surface area contributed by atoms with Gasteiger partial charge in [0, 0.05) is 62.5 Å². The average molecular weight is 451 g/mol. The van der Waals surface area contributed by atoms with Gasteiger partial charge in [-0.15, -0.1) is 0 Å². The summed E-state index contributed by atoms with van der Waals surface area (Å²) in [4.78, 5) is 25.6. The maximum atomic E-state index is 6.28. The third-order valence-corrected chi connectivity index (χ3v) is 6.32. The van der Waals surface area contributed by atoms with Crippen LogP contribution in [-0.4, -0.2) is 73.4 Å². The fraction of sp³-hybridized carbons (Fsp3) is 0.478. The molecule has 0 atom stereocenters. The molecular formula is C23H30N8O2. The number of fused-ring (bicyclic) bond motifs is 1. The van der Waals surface area contributed by atoms with E-state index in [9.17, 15) is 0 Å². The Balaban J connectivity index is 1.35. The van der Waals surface area contributed by atoms with E-state index >= 15 is 0 Å². The van der Waals surface area contributed by atoms with E-state index in [0.29, 0.717) is 23.3 Å². The smallest absolute Gasteiger partial charge is 0.228 e. The van der Waals surface area contributed by atoms with Crippen LogP contribution in [0.5, 0.6) is 11.5 Å². The van der Waals surface area contributed by atoms with Crippen molar-refractivity contribution in [3.05, 3.63) is 23.9 Å². The molecule has 1 aromatic carbocycles. The zero-order valence-electron chi connectivity index (χ0n) is 19.4. The summed E-state index contributed by atoms with van der Waals surface area (Å²) in [7, 11) is 3.21. The average Bonchev–Trinajstić information content (AvgIpc) is 3.38. The molecule has 0 aliphatic carbocycles. The van der Waals surface area contributed by atoms with Crippen LogP contribution in [0.2, 0.25) is 0 Å². The minimum atomic E-state index is 0.431. The molecule has 0 amide bonds. The normalized spacial score (nSPS) is 16.5. The fourth-order valence-electron chi connectivity index (χ4n) is 4.50. The molecule has 2 saturated heterocycles. The molecule has 33 heavy (non-hydrogen) atoms. The molecule has 0 unspecified atom stereocenters. The number of anilines is 4. The molecule has 2 fully saturated rings. The van der Waals surface area contributed by atoms with Gasteiger partial charge in [0.1, 0.15) is 11.6 Å². The third-order valence-electron chi connectivity index (χ3n) is 6.32. The Morgan fingerprint density at radius 1 is 0.727 bits per heavy atom. The first kappa shape index (κ1) is 21.3. The van der Waals surface area contributed by atoms with E-state index in [0.717, 1.165) is 67.6 Å². The van der Waals surface area contributed by atoms with Gasteiger partial charge in [-0.1, -0.05) is 0 Å². The van der Waals surface area contributed by atoms with Crippen molar-refractivity contribution in [3.8, 4) is 11.5 Å². The first-order valence-electron chi connectivity index (χ1n) is 11.4. The molecular weight excluding hydrogens is 420 g/mol. The number of hydrogen-bond donors (Lipinski definition) is 1. The van der Waals surface area contributed by atoms with Crippen molar-refractivity contribution < 1.29 is 9.47 Å². The zero-order valence-corrected chi connectivity index (χ0v) is 19.4. The Morgan fingerprint density at radius 3 is 2.03 bits per heavy atom. The predicted octanol–water partition coefficient (Wildman–Crippen LogP) is 2.25. The van der Waals surface area contributed by atoms with Crippen LogP contribution in [-0.2, 0) is 0 Å². The van der Waals surface area contributed by atoms with Crippen molar-refractivity contribution in [2.24, 2.45) is 0 Å². The molecule has 2 aliphatic rings. The molecule has 4 heterocycles. The third kappa shape index (κ3) is 4.12. The second kappa shape index (κ2) is 8.76. The highest BCUT2D eigenvalue weighted by Crippen LogP contribution is 2.34. The first-order chi connectivity index (χ1) is 16.1. The molecule has 2 N–H and O–H groups in total. The highest BCUT2D eigenvalue weighted by molar-refractivity contribution is 5.91. The van der Waals surface area contributed by atoms with Gasteiger partial charge in [0.2, 0.25) is 11.9 Å². The van der Waals surface area contributed by atoms with Crippen LogP contribution in [0.15, 0.2) is 18.2 Å². The number of aromatic nitrogens is 4. The van der Waals surface area contributed by atoms with Gasteiger partial charge in [-0.3, -0.25) is 0 Å². The number of nitrogens with two attached hydrogens (primary N) is 1. The van der Waals surface area contributed by atoms with Gasteiger partial charge in [0.05, 0.1) is 19.7 Å². The van der Waals surface area contributed by atoms with Crippen LogP contribution in [0.4, 0.5) is 23.5 Å². The summed E-state index contributed by atoms with van der Waals surface area (Å²) in [5, 5.41) is 0.751. The van der Waals surface area contributed by atoms with Crippen LogP contribution >= 0.6 is 0 Å². The number of nitrogens with zero attached hydrogens (tertiary/aromatic N) is 7. The quantitative estimate of drug-likeness (QED) is 0.622. The van der Waals surface area contributed by atoms with Gasteiger partial charge < -0.3 is 29.9 Å². The summed E-state index contributed by atoms with van der Waals surface area (Å²) >= 11 is 0. The molecule has 0 saturated carbocycles. The summed E-state index contributed by atoms with van der Waals surface area (Å²) in [6, 6.07) is 5.73. The predicted molar refractivity (Wildman–Crippen MR) is 130 cm³/mol.